The monoisotopic (exact) mass is 488 g/mol. The van der Waals surface area contributed by atoms with Crippen molar-refractivity contribution in [3.8, 4) is 16.1 Å². The lowest BCUT2D eigenvalue weighted by Crippen LogP contribution is -2.10. The second kappa shape index (κ2) is 8.22. The Morgan fingerprint density at radius 3 is 2.82 bits per heavy atom. The van der Waals surface area contributed by atoms with E-state index >= 15 is 0 Å². The maximum atomic E-state index is 12.9. The van der Waals surface area contributed by atoms with Crippen molar-refractivity contribution in [1.29, 1.82) is 0 Å². The highest BCUT2D eigenvalue weighted by Gasteiger charge is 2.16. The molecule has 10 heteroatoms. The van der Waals surface area contributed by atoms with E-state index < -0.39 is 0 Å². The molecule has 6 aromatic rings. The van der Waals surface area contributed by atoms with Crippen LogP contribution < -0.4 is 5.56 Å². The molecule has 0 spiro atoms. The Labute approximate surface area is 200 Å². The standard InChI is InChI=1S/C23H16N6OS3/c1-13-7-8-17(33-13)16-10-31-23-19(16)21(30)27-18(28-23)11-32-22-15-9-26-29(20(15)24-12-25-22)14-5-3-2-4-6-14/h2-10,12H,11H2,1H3,(H,27,28,30). The van der Waals surface area contributed by atoms with Crippen LogP contribution in [0.5, 0.6) is 0 Å². The Bertz CT molecular complexity index is 1660. The molecule has 5 aromatic heterocycles. The highest BCUT2D eigenvalue weighted by molar-refractivity contribution is 7.98. The maximum Gasteiger partial charge on any atom is 0.260 e. The third-order valence-corrected chi connectivity index (χ3v) is 8.10. The van der Waals surface area contributed by atoms with Crippen molar-refractivity contribution in [1.82, 2.24) is 29.7 Å². The Balaban J connectivity index is 1.31. The van der Waals surface area contributed by atoms with E-state index in [4.69, 9.17) is 4.98 Å². The molecule has 0 amide bonds. The summed E-state index contributed by atoms with van der Waals surface area (Å²) in [7, 11) is 0. The summed E-state index contributed by atoms with van der Waals surface area (Å²) in [6.07, 6.45) is 3.32. The van der Waals surface area contributed by atoms with Crippen molar-refractivity contribution in [3.63, 3.8) is 0 Å². The van der Waals surface area contributed by atoms with Crippen LogP contribution in [0.25, 0.3) is 37.4 Å². The topological polar surface area (TPSA) is 89.3 Å². The molecule has 0 bridgehead atoms. The maximum absolute atomic E-state index is 12.9. The fraction of sp³-hybridized carbons (Fsp3) is 0.0870. The van der Waals surface area contributed by atoms with E-state index in [0.29, 0.717) is 17.0 Å². The molecular weight excluding hydrogens is 472 g/mol. The van der Waals surface area contributed by atoms with E-state index in [0.717, 1.165) is 37.0 Å². The first-order chi connectivity index (χ1) is 16.2. The second-order valence-electron chi connectivity index (χ2n) is 7.35. The van der Waals surface area contributed by atoms with Crippen molar-refractivity contribution in [2.24, 2.45) is 0 Å². The van der Waals surface area contributed by atoms with E-state index in [2.05, 4.69) is 39.1 Å². The van der Waals surface area contributed by atoms with Gasteiger partial charge in [-0.15, -0.1) is 22.7 Å². The molecule has 0 saturated heterocycles. The first-order valence-electron chi connectivity index (χ1n) is 10.1. The first-order valence-corrected chi connectivity index (χ1v) is 12.8. The van der Waals surface area contributed by atoms with Gasteiger partial charge in [0.15, 0.2) is 5.65 Å². The quantitative estimate of drug-likeness (QED) is 0.257. The number of aryl methyl sites for hydroxylation is 1. The highest BCUT2D eigenvalue weighted by Crippen LogP contribution is 2.35. The third-order valence-electron chi connectivity index (χ3n) is 5.17. The van der Waals surface area contributed by atoms with Crippen LogP contribution in [0.3, 0.4) is 0 Å². The Morgan fingerprint density at radius 1 is 1.12 bits per heavy atom. The third kappa shape index (κ3) is 3.65. The molecule has 1 aromatic carbocycles. The molecule has 0 saturated carbocycles. The van der Waals surface area contributed by atoms with Crippen LogP contribution >= 0.6 is 34.4 Å². The number of aromatic amines is 1. The van der Waals surface area contributed by atoms with Gasteiger partial charge in [0.05, 0.1) is 28.4 Å². The number of nitrogens with zero attached hydrogens (tertiary/aromatic N) is 5. The van der Waals surface area contributed by atoms with Gasteiger partial charge in [-0.05, 0) is 31.2 Å². The number of benzene rings is 1. The zero-order chi connectivity index (χ0) is 22.4. The van der Waals surface area contributed by atoms with Crippen LogP contribution in [0.4, 0.5) is 0 Å². The number of para-hydroxylation sites is 1. The predicted molar refractivity (Wildman–Crippen MR) is 135 cm³/mol. The highest BCUT2D eigenvalue weighted by atomic mass is 32.2. The molecule has 0 aliphatic heterocycles. The molecule has 0 aliphatic rings. The van der Waals surface area contributed by atoms with Gasteiger partial charge in [-0.25, -0.2) is 19.6 Å². The number of thioether (sulfide) groups is 1. The van der Waals surface area contributed by atoms with Crippen molar-refractivity contribution in [3.05, 3.63) is 81.4 Å². The van der Waals surface area contributed by atoms with Gasteiger partial charge in [-0.1, -0.05) is 30.0 Å². The van der Waals surface area contributed by atoms with Crippen LogP contribution in [0.1, 0.15) is 10.7 Å². The Morgan fingerprint density at radius 2 is 2.00 bits per heavy atom. The molecule has 33 heavy (non-hydrogen) atoms. The van der Waals surface area contributed by atoms with Gasteiger partial charge in [0.1, 0.15) is 22.0 Å². The second-order valence-corrected chi connectivity index (χ2v) is 10.5. The van der Waals surface area contributed by atoms with Crippen LogP contribution in [-0.2, 0) is 5.75 Å². The lowest BCUT2D eigenvalue weighted by molar-refractivity contribution is 0.893. The van der Waals surface area contributed by atoms with Crippen molar-refractivity contribution in [2.45, 2.75) is 17.7 Å². The molecule has 0 aliphatic carbocycles. The van der Waals surface area contributed by atoms with Crippen LogP contribution in [-0.4, -0.2) is 29.7 Å². The van der Waals surface area contributed by atoms with Gasteiger partial charge in [-0.3, -0.25) is 4.79 Å². The van der Waals surface area contributed by atoms with Gasteiger partial charge >= 0.3 is 0 Å². The van der Waals surface area contributed by atoms with Crippen molar-refractivity contribution >= 4 is 55.7 Å². The molecule has 162 valence electrons. The van der Waals surface area contributed by atoms with E-state index in [1.54, 1.807) is 28.5 Å². The zero-order valence-electron chi connectivity index (χ0n) is 17.3. The number of rotatable bonds is 5. The summed E-state index contributed by atoms with van der Waals surface area (Å²) in [6, 6.07) is 14.0. The molecular formula is C23H16N6OS3. The molecule has 0 radical (unpaired) electrons. The largest absolute Gasteiger partial charge is 0.309 e. The molecule has 0 atom stereocenters. The number of fused-ring (bicyclic) bond motifs is 2. The van der Waals surface area contributed by atoms with Crippen molar-refractivity contribution < 1.29 is 0 Å². The van der Waals surface area contributed by atoms with Gasteiger partial charge in [-0.2, -0.15) is 5.10 Å². The summed E-state index contributed by atoms with van der Waals surface area (Å²) < 4.78 is 1.80. The summed E-state index contributed by atoms with van der Waals surface area (Å²) in [5, 5.41) is 8.83. The SMILES string of the molecule is Cc1ccc(-c2csc3nc(CSc4ncnc5c4cnn5-c4ccccc4)[nH]c(=O)c23)s1. The number of hydrogen-bond donors (Lipinski definition) is 1. The minimum absolute atomic E-state index is 0.109. The first kappa shape index (κ1) is 20.3. The summed E-state index contributed by atoms with van der Waals surface area (Å²) >= 11 is 4.69. The van der Waals surface area contributed by atoms with Gasteiger partial charge in [0, 0.05) is 20.7 Å². The van der Waals surface area contributed by atoms with E-state index in [9.17, 15) is 4.79 Å². The molecule has 6 rings (SSSR count). The molecule has 0 unspecified atom stereocenters. The van der Waals surface area contributed by atoms with Crippen LogP contribution in [0.15, 0.2) is 70.2 Å². The fourth-order valence-corrected chi connectivity index (χ4v) is 6.41. The average molecular weight is 489 g/mol. The molecule has 5 heterocycles. The molecule has 7 nitrogen and oxygen atoms in total. The van der Waals surface area contributed by atoms with Gasteiger partial charge in [0.2, 0.25) is 0 Å². The van der Waals surface area contributed by atoms with E-state index in [-0.39, 0.29) is 5.56 Å². The van der Waals surface area contributed by atoms with Gasteiger partial charge < -0.3 is 4.98 Å². The Kier molecular flexibility index (Phi) is 5.05. The summed E-state index contributed by atoms with van der Waals surface area (Å²) in [4.78, 5) is 32.5. The lowest BCUT2D eigenvalue weighted by atomic mass is 10.2. The van der Waals surface area contributed by atoms with E-state index in [1.807, 2.05) is 35.7 Å². The number of H-pyrrole nitrogens is 1. The average Bonchev–Trinajstić information content (AvgIpc) is 3.56. The predicted octanol–water partition coefficient (Wildman–Crippen LogP) is 5.44. The van der Waals surface area contributed by atoms with Crippen LogP contribution in [0.2, 0.25) is 0 Å². The van der Waals surface area contributed by atoms with Crippen molar-refractivity contribution in [2.75, 3.05) is 0 Å². The number of thiophene rings is 2. The van der Waals surface area contributed by atoms with Crippen LogP contribution in [0, 0.1) is 6.92 Å². The molecule has 1 N–H and O–H groups in total. The van der Waals surface area contributed by atoms with Gasteiger partial charge in [0.25, 0.3) is 5.56 Å². The smallest absolute Gasteiger partial charge is 0.260 e. The summed E-state index contributed by atoms with van der Waals surface area (Å²) in [6.45, 7) is 2.06. The number of aromatic nitrogens is 6. The molecule has 0 fully saturated rings. The summed E-state index contributed by atoms with van der Waals surface area (Å²) in [5.41, 5.74) is 2.52. The lowest BCUT2D eigenvalue weighted by Gasteiger charge is -2.04. The summed E-state index contributed by atoms with van der Waals surface area (Å²) in [5.74, 6) is 1.11. The minimum atomic E-state index is -0.109. The minimum Gasteiger partial charge on any atom is -0.309 e. The fourth-order valence-electron chi connectivity index (χ4n) is 3.65. The Hall–Kier alpha value is -3.34. The normalized spacial score (nSPS) is 11.5. The number of nitrogens with one attached hydrogen (secondary N) is 1. The zero-order valence-corrected chi connectivity index (χ0v) is 19.8. The van der Waals surface area contributed by atoms with E-state index in [1.165, 1.54) is 28.0 Å². The number of hydrogen-bond acceptors (Lipinski definition) is 8.